The predicted octanol–water partition coefficient (Wildman–Crippen LogP) is 2.63. The van der Waals surface area contributed by atoms with Gasteiger partial charge in [0.25, 0.3) is 0 Å². The normalized spacial score (nSPS) is 24.0. The van der Waals surface area contributed by atoms with Crippen molar-refractivity contribution in [1.29, 1.82) is 0 Å². The zero-order valence-corrected chi connectivity index (χ0v) is 14.4. The summed E-state index contributed by atoms with van der Waals surface area (Å²) in [5.74, 6) is 0.113. The summed E-state index contributed by atoms with van der Waals surface area (Å²) < 4.78 is 9.86. The number of nitrogens with one attached hydrogen (secondary N) is 1. The highest BCUT2D eigenvalue weighted by atomic mass is 32.1. The molecule has 1 aromatic heterocycles. The van der Waals surface area contributed by atoms with Gasteiger partial charge in [-0.3, -0.25) is 9.69 Å². The van der Waals surface area contributed by atoms with Gasteiger partial charge < -0.3 is 10.1 Å². The topological polar surface area (TPSA) is 54.5 Å². The first-order valence-electron chi connectivity index (χ1n) is 8.07. The quantitative estimate of drug-likeness (QED) is 0.929. The van der Waals surface area contributed by atoms with Crippen LogP contribution in [0.25, 0.3) is 0 Å². The molecule has 122 valence electrons. The Morgan fingerprint density at radius 2 is 2.09 bits per heavy atom. The largest absolute Gasteiger partial charge is 0.381 e. The molecule has 1 aromatic rings. The van der Waals surface area contributed by atoms with Crippen molar-refractivity contribution in [2.75, 3.05) is 25.1 Å². The standard InChI is InChI=1S/C16H25N3O2S/c1-16(2,3)13-10-14(22-18-13)17-15(20)12-4-7-19(12)11-5-8-21-9-6-11/h10-12H,4-9H2,1-3H3,(H,17,20). The van der Waals surface area contributed by atoms with Crippen molar-refractivity contribution < 1.29 is 9.53 Å². The van der Waals surface area contributed by atoms with Crippen molar-refractivity contribution in [1.82, 2.24) is 9.27 Å². The van der Waals surface area contributed by atoms with E-state index in [9.17, 15) is 4.79 Å². The van der Waals surface area contributed by atoms with E-state index in [4.69, 9.17) is 4.74 Å². The molecular weight excluding hydrogens is 298 g/mol. The second-order valence-electron chi connectivity index (χ2n) is 7.20. The molecule has 0 spiro atoms. The lowest BCUT2D eigenvalue weighted by Crippen LogP contribution is -2.59. The first kappa shape index (κ1) is 15.9. The molecule has 0 saturated carbocycles. The Morgan fingerprint density at radius 3 is 2.64 bits per heavy atom. The number of rotatable bonds is 3. The molecule has 1 amide bonds. The summed E-state index contributed by atoms with van der Waals surface area (Å²) in [6.07, 6.45) is 3.03. The molecule has 3 rings (SSSR count). The van der Waals surface area contributed by atoms with Gasteiger partial charge in [-0.05, 0) is 36.9 Å². The van der Waals surface area contributed by atoms with E-state index in [1.165, 1.54) is 11.5 Å². The van der Waals surface area contributed by atoms with Crippen molar-refractivity contribution in [3.05, 3.63) is 11.8 Å². The van der Waals surface area contributed by atoms with Gasteiger partial charge in [-0.25, -0.2) is 0 Å². The van der Waals surface area contributed by atoms with Gasteiger partial charge >= 0.3 is 0 Å². The van der Waals surface area contributed by atoms with Gasteiger partial charge in [0.15, 0.2) is 0 Å². The van der Waals surface area contributed by atoms with Crippen LogP contribution in [0, 0.1) is 0 Å². The summed E-state index contributed by atoms with van der Waals surface area (Å²) in [6, 6.07) is 2.52. The third kappa shape index (κ3) is 3.34. The maximum atomic E-state index is 12.5. The van der Waals surface area contributed by atoms with Crippen LogP contribution in [0.2, 0.25) is 0 Å². The van der Waals surface area contributed by atoms with E-state index in [-0.39, 0.29) is 17.4 Å². The van der Waals surface area contributed by atoms with Crippen molar-refractivity contribution in [2.24, 2.45) is 0 Å². The molecule has 1 atom stereocenters. The second-order valence-corrected chi connectivity index (χ2v) is 8.01. The summed E-state index contributed by atoms with van der Waals surface area (Å²) in [7, 11) is 0. The number of hydrogen-bond acceptors (Lipinski definition) is 5. The third-order valence-corrected chi connectivity index (χ3v) is 5.25. The number of amides is 1. The van der Waals surface area contributed by atoms with Gasteiger partial charge in [0, 0.05) is 31.2 Å². The van der Waals surface area contributed by atoms with Crippen LogP contribution < -0.4 is 5.32 Å². The van der Waals surface area contributed by atoms with E-state index in [1.807, 2.05) is 6.07 Å². The minimum absolute atomic E-state index is 0.0169. The maximum Gasteiger partial charge on any atom is 0.242 e. The molecule has 1 unspecified atom stereocenters. The van der Waals surface area contributed by atoms with Crippen LogP contribution in [0.15, 0.2) is 6.07 Å². The van der Waals surface area contributed by atoms with Gasteiger partial charge in [0.2, 0.25) is 5.91 Å². The van der Waals surface area contributed by atoms with E-state index in [0.717, 1.165) is 49.7 Å². The lowest BCUT2D eigenvalue weighted by molar-refractivity contribution is -0.129. The number of nitrogens with zero attached hydrogens (tertiary/aromatic N) is 2. The van der Waals surface area contributed by atoms with E-state index in [2.05, 4.69) is 35.4 Å². The van der Waals surface area contributed by atoms with Gasteiger partial charge in [0.05, 0.1) is 11.7 Å². The number of carbonyl (C=O) groups is 1. The fourth-order valence-electron chi connectivity index (χ4n) is 3.04. The van der Waals surface area contributed by atoms with Crippen LogP contribution in [0.5, 0.6) is 0 Å². The molecule has 0 bridgehead atoms. The number of anilines is 1. The molecule has 0 radical (unpaired) electrons. The second kappa shape index (κ2) is 6.26. The number of carbonyl (C=O) groups excluding carboxylic acids is 1. The smallest absolute Gasteiger partial charge is 0.242 e. The lowest BCUT2D eigenvalue weighted by Gasteiger charge is -2.46. The Balaban J connectivity index is 1.58. The third-order valence-electron chi connectivity index (χ3n) is 4.55. The van der Waals surface area contributed by atoms with Crippen LogP contribution >= 0.6 is 11.5 Å². The summed E-state index contributed by atoms with van der Waals surface area (Å²) >= 11 is 1.37. The fourth-order valence-corrected chi connectivity index (χ4v) is 3.87. The van der Waals surface area contributed by atoms with Gasteiger partial charge in [-0.1, -0.05) is 20.8 Å². The van der Waals surface area contributed by atoms with Crippen LogP contribution in [0.1, 0.15) is 45.7 Å². The Labute approximate surface area is 136 Å². The van der Waals surface area contributed by atoms with Crippen molar-refractivity contribution in [2.45, 2.75) is 57.5 Å². The average molecular weight is 323 g/mol. The van der Waals surface area contributed by atoms with Crippen molar-refractivity contribution in [3.8, 4) is 0 Å². The summed E-state index contributed by atoms with van der Waals surface area (Å²) in [4.78, 5) is 14.8. The van der Waals surface area contributed by atoms with Gasteiger partial charge in [-0.15, -0.1) is 0 Å². The Hall–Kier alpha value is -0.980. The zero-order valence-electron chi connectivity index (χ0n) is 13.6. The molecule has 2 fully saturated rings. The first-order chi connectivity index (χ1) is 10.4. The number of ether oxygens (including phenoxy) is 1. The molecule has 3 heterocycles. The monoisotopic (exact) mass is 323 g/mol. The van der Waals surface area contributed by atoms with Crippen LogP contribution in [0.3, 0.4) is 0 Å². The molecule has 22 heavy (non-hydrogen) atoms. The molecule has 2 aliphatic heterocycles. The highest BCUT2D eigenvalue weighted by molar-refractivity contribution is 7.10. The van der Waals surface area contributed by atoms with Crippen molar-refractivity contribution in [3.63, 3.8) is 0 Å². The van der Waals surface area contributed by atoms with E-state index in [0.29, 0.717) is 6.04 Å². The first-order valence-corrected chi connectivity index (χ1v) is 8.84. The summed E-state index contributed by atoms with van der Waals surface area (Å²) in [5.41, 5.74) is 1.05. The molecule has 6 heteroatoms. The Morgan fingerprint density at radius 1 is 1.36 bits per heavy atom. The minimum atomic E-state index is 0.0169. The molecular formula is C16H25N3O2S. The van der Waals surface area contributed by atoms with Crippen LogP contribution in [-0.2, 0) is 14.9 Å². The summed E-state index contributed by atoms with van der Waals surface area (Å²) in [5, 5.41) is 3.90. The maximum absolute atomic E-state index is 12.5. The molecule has 2 saturated heterocycles. The summed E-state index contributed by atoms with van der Waals surface area (Å²) in [6.45, 7) is 9.06. The van der Waals surface area contributed by atoms with Gasteiger partial charge in [-0.2, -0.15) is 4.37 Å². The predicted molar refractivity (Wildman–Crippen MR) is 88.4 cm³/mol. The molecule has 1 N–H and O–H groups in total. The average Bonchev–Trinajstić information content (AvgIpc) is 2.87. The number of likely N-dealkylation sites (tertiary alicyclic amines) is 1. The molecule has 0 aliphatic carbocycles. The SMILES string of the molecule is CC(C)(C)c1cc(NC(=O)C2CCN2C2CCOCC2)sn1. The Bertz CT molecular complexity index is 532. The van der Waals surface area contributed by atoms with Crippen LogP contribution in [-0.4, -0.2) is 47.0 Å². The van der Waals surface area contributed by atoms with Gasteiger partial charge in [0.1, 0.15) is 5.00 Å². The fraction of sp³-hybridized carbons (Fsp3) is 0.750. The highest BCUT2D eigenvalue weighted by Crippen LogP contribution is 2.30. The minimum Gasteiger partial charge on any atom is -0.381 e. The van der Waals surface area contributed by atoms with Crippen LogP contribution in [0.4, 0.5) is 5.00 Å². The van der Waals surface area contributed by atoms with E-state index < -0.39 is 0 Å². The molecule has 2 aliphatic rings. The zero-order chi connectivity index (χ0) is 15.7. The lowest BCUT2D eigenvalue weighted by atomic mass is 9.92. The highest BCUT2D eigenvalue weighted by Gasteiger charge is 2.39. The van der Waals surface area contributed by atoms with E-state index in [1.54, 1.807) is 0 Å². The van der Waals surface area contributed by atoms with Crippen molar-refractivity contribution >= 4 is 22.4 Å². The number of hydrogen-bond donors (Lipinski definition) is 1. The van der Waals surface area contributed by atoms with E-state index >= 15 is 0 Å². The number of aromatic nitrogens is 1. The Kier molecular flexibility index (Phi) is 4.52. The molecule has 0 aromatic carbocycles. The molecule has 5 nitrogen and oxygen atoms in total.